The minimum absolute atomic E-state index is 0.0170. The van der Waals surface area contributed by atoms with Gasteiger partial charge in [0.25, 0.3) is 0 Å². The van der Waals surface area contributed by atoms with Gasteiger partial charge in [0.15, 0.2) is 9.84 Å². The van der Waals surface area contributed by atoms with Gasteiger partial charge in [-0.15, -0.1) is 0 Å². The first-order valence-electron chi connectivity index (χ1n) is 9.29. The molecule has 0 bridgehead atoms. The fourth-order valence-corrected chi connectivity index (χ4v) is 6.01. The zero-order chi connectivity index (χ0) is 18.8. The quantitative estimate of drug-likeness (QED) is 0.824. The van der Waals surface area contributed by atoms with Crippen LogP contribution in [0.2, 0.25) is 0 Å². The van der Waals surface area contributed by atoms with Crippen LogP contribution in [0.15, 0.2) is 53.4 Å². The molecule has 0 saturated carbocycles. The Kier molecular flexibility index (Phi) is 5.39. The summed E-state index contributed by atoms with van der Waals surface area (Å²) in [5.41, 5.74) is 1.26. The van der Waals surface area contributed by atoms with Crippen molar-refractivity contribution in [2.75, 3.05) is 5.75 Å². The van der Waals surface area contributed by atoms with Crippen molar-refractivity contribution in [3.05, 3.63) is 59.7 Å². The Morgan fingerprint density at radius 1 is 1.15 bits per heavy atom. The van der Waals surface area contributed by atoms with Crippen LogP contribution in [0.1, 0.15) is 56.7 Å². The zero-order valence-corrected chi connectivity index (χ0v) is 16.2. The van der Waals surface area contributed by atoms with Crippen LogP contribution in [0.4, 0.5) is 0 Å². The minimum atomic E-state index is -3.51. The second kappa shape index (κ2) is 7.41. The third kappa shape index (κ3) is 3.64. The van der Waals surface area contributed by atoms with Crippen LogP contribution >= 0.6 is 0 Å². The summed E-state index contributed by atoms with van der Waals surface area (Å²) in [6, 6.07) is 14.4. The monoisotopic (exact) mass is 373 g/mol. The highest BCUT2D eigenvalue weighted by Gasteiger charge is 2.41. The number of hydrogen-bond donors (Lipinski definition) is 2. The lowest BCUT2D eigenvalue weighted by Crippen LogP contribution is -2.50. The van der Waals surface area contributed by atoms with Crippen LogP contribution in [-0.2, 0) is 9.84 Å². The van der Waals surface area contributed by atoms with Crippen molar-refractivity contribution in [3.8, 4) is 5.75 Å². The van der Waals surface area contributed by atoms with Crippen molar-refractivity contribution in [1.29, 1.82) is 0 Å². The molecule has 3 rings (SSSR count). The van der Waals surface area contributed by atoms with Crippen LogP contribution in [0.25, 0.3) is 0 Å². The molecule has 0 unspecified atom stereocenters. The summed E-state index contributed by atoms with van der Waals surface area (Å²) < 4.78 is 26.4. The van der Waals surface area contributed by atoms with Crippen molar-refractivity contribution < 1.29 is 13.5 Å². The lowest BCUT2D eigenvalue weighted by Gasteiger charge is -2.35. The fourth-order valence-electron chi connectivity index (χ4n) is 3.85. The van der Waals surface area contributed by atoms with Gasteiger partial charge >= 0.3 is 0 Å². The van der Waals surface area contributed by atoms with E-state index < -0.39 is 15.4 Å². The highest BCUT2D eigenvalue weighted by molar-refractivity contribution is 7.91. The molecule has 2 N–H and O–H groups in total. The molecule has 1 aliphatic rings. The van der Waals surface area contributed by atoms with Gasteiger partial charge in [-0.05, 0) is 36.1 Å². The van der Waals surface area contributed by atoms with E-state index in [1.807, 2.05) is 37.3 Å². The number of benzene rings is 2. The number of phenolic OH excluding ortho intramolecular Hbond substituents is 1. The summed E-state index contributed by atoms with van der Waals surface area (Å²) >= 11 is 0. The second-order valence-electron chi connectivity index (χ2n) is 7.21. The molecule has 0 aromatic heterocycles. The molecule has 0 radical (unpaired) electrons. The van der Waals surface area contributed by atoms with Gasteiger partial charge in [0.2, 0.25) is 0 Å². The molecule has 0 aliphatic carbocycles. The number of hydrogen-bond acceptors (Lipinski definition) is 4. The topological polar surface area (TPSA) is 66.4 Å². The Hall–Kier alpha value is -1.85. The number of fused-ring (bicyclic) bond motifs is 1. The maximum Gasteiger partial charge on any atom is 0.180 e. The van der Waals surface area contributed by atoms with Crippen molar-refractivity contribution in [2.24, 2.45) is 0 Å². The van der Waals surface area contributed by atoms with Gasteiger partial charge in [0.05, 0.1) is 16.7 Å². The van der Waals surface area contributed by atoms with Crippen molar-refractivity contribution >= 4 is 9.84 Å². The number of aromatic hydroxyl groups is 1. The highest BCUT2D eigenvalue weighted by atomic mass is 32.2. The van der Waals surface area contributed by atoms with E-state index in [1.165, 1.54) is 6.07 Å². The predicted molar refractivity (Wildman–Crippen MR) is 104 cm³/mol. The smallest absolute Gasteiger partial charge is 0.180 e. The first-order valence-corrected chi connectivity index (χ1v) is 10.9. The van der Waals surface area contributed by atoms with Gasteiger partial charge < -0.3 is 5.11 Å². The average molecular weight is 374 g/mol. The summed E-state index contributed by atoms with van der Waals surface area (Å²) in [7, 11) is -3.51. The molecular weight excluding hydrogens is 346 g/mol. The van der Waals surface area contributed by atoms with E-state index in [9.17, 15) is 13.5 Å². The first-order chi connectivity index (χ1) is 12.4. The minimum Gasteiger partial charge on any atom is -0.508 e. The van der Waals surface area contributed by atoms with Gasteiger partial charge in [-0.2, -0.15) is 0 Å². The van der Waals surface area contributed by atoms with Crippen LogP contribution in [0.5, 0.6) is 5.75 Å². The van der Waals surface area contributed by atoms with E-state index in [2.05, 4.69) is 12.2 Å². The van der Waals surface area contributed by atoms with Crippen molar-refractivity contribution in [3.63, 3.8) is 0 Å². The third-order valence-electron chi connectivity index (χ3n) is 5.38. The molecule has 1 aliphatic heterocycles. The van der Waals surface area contributed by atoms with Crippen molar-refractivity contribution in [1.82, 2.24) is 5.32 Å². The number of phenols is 1. The molecule has 4 nitrogen and oxygen atoms in total. The molecule has 1 heterocycles. The van der Waals surface area contributed by atoms with Gasteiger partial charge in [-0.3, -0.25) is 5.32 Å². The maximum absolute atomic E-state index is 13.2. The molecule has 2 aromatic rings. The van der Waals surface area contributed by atoms with E-state index >= 15 is 0 Å². The molecule has 2 atom stereocenters. The van der Waals surface area contributed by atoms with E-state index in [0.717, 1.165) is 31.2 Å². The molecule has 26 heavy (non-hydrogen) atoms. The van der Waals surface area contributed by atoms with Crippen LogP contribution in [0.3, 0.4) is 0 Å². The summed E-state index contributed by atoms with van der Waals surface area (Å²) in [6.45, 7) is 4.17. The van der Waals surface area contributed by atoms with Gasteiger partial charge in [-0.25, -0.2) is 8.42 Å². The Morgan fingerprint density at radius 3 is 2.54 bits per heavy atom. The van der Waals surface area contributed by atoms with E-state index in [1.54, 1.807) is 12.1 Å². The van der Waals surface area contributed by atoms with Crippen LogP contribution in [-0.4, -0.2) is 24.8 Å². The predicted octanol–water partition coefficient (Wildman–Crippen LogP) is 4.20. The molecule has 0 amide bonds. The second-order valence-corrected chi connectivity index (χ2v) is 9.16. The lowest BCUT2D eigenvalue weighted by molar-refractivity contribution is 0.295. The SMILES string of the molecule is CCCC[C@]1(CC)CS(=O)(=O)c2cc(O)ccc2[C@H](c2ccccc2)N1. The zero-order valence-electron chi connectivity index (χ0n) is 15.4. The van der Waals surface area contributed by atoms with Crippen LogP contribution < -0.4 is 5.32 Å². The number of rotatable bonds is 5. The Balaban J connectivity index is 2.20. The number of unbranched alkanes of at least 4 members (excludes halogenated alkanes) is 1. The van der Waals surface area contributed by atoms with E-state index in [4.69, 9.17) is 0 Å². The Morgan fingerprint density at radius 2 is 1.88 bits per heavy atom. The summed E-state index contributed by atoms with van der Waals surface area (Å²) in [6.07, 6.45) is 3.53. The third-order valence-corrected chi connectivity index (χ3v) is 7.33. The van der Waals surface area contributed by atoms with Crippen LogP contribution in [0, 0.1) is 0 Å². The van der Waals surface area contributed by atoms with Gasteiger partial charge in [0.1, 0.15) is 5.75 Å². The largest absolute Gasteiger partial charge is 0.508 e. The Labute approximate surface area is 156 Å². The van der Waals surface area contributed by atoms with Gasteiger partial charge in [-0.1, -0.05) is 63.1 Å². The van der Waals surface area contributed by atoms with Crippen molar-refractivity contribution in [2.45, 2.75) is 56.0 Å². The molecule has 0 saturated heterocycles. The highest BCUT2D eigenvalue weighted by Crippen LogP contribution is 2.39. The van der Waals surface area contributed by atoms with E-state index in [-0.39, 0.29) is 22.4 Å². The molecule has 2 aromatic carbocycles. The molecule has 5 heteroatoms. The molecule has 0 fully saturated rings. The molecular formula is C21H27NO3S. The summed E-state index contributed by atoms with van der Waals surface area (Å²) in [4.78, 5) is 0.241. The average Bonchev–Trinajstić information content (AvgIpc) is 2.74. The van der Waals surface area contributed by atoms with E-state index in [0.29, 0.717) is 5.56 Å². The lowest BCUT2D eigenvalue weighted by atomic mass is 9.88. The normalized spacial score (nSPS) is 24.6. The molecule has 0 spiro atoms. The molecule has 140 valence electrons. The van der Waals surface area contributed by atoms with Gasteiger partial charge in [0, 0.05) is 5.54 Å². The fraction of sp³-hybridized carbons (Fsp3) is 0.429. The number of nitrogens with one attached hydrogen (secondary N) is 1. The summed E-state index contributed by atoms with van der Waals surface area (Å²) in [5, 5.41) is 13.6. The first kappa shape index (κ1) is 18.9. The standard InChI is InChI=1S/C21H27NO3S/c1-3-5-13-21(4-2)15-26(24,25)19-14-17(23)11-12-18(19)20(22-21)16-9-7-6-8-10-16/h6-12,14,20,22-23H,3-5,13,15H2,1-2H3/t20-,21+/m0/s1. The summed E-state index contributed by atoms with van der Waals surface area (Å²) in [5.74, 6) is 0.0349. The number of sulfone groups is 1. The Bertz CT molecular complexity index is 864. The maximum atomic E-state index is 13.2.